The van der Waals surface area contributed by atoms with E-state index >= 15 is 0 Å². The van der Waals surface area contributed by atoms with Gasteiger partial charge < -0.3 is 5.11 Å². The van der Waals surface area contributed by atoms with Crippen LogP contribution in [0.1, 0.15) is 116 Å². The topological polar surface area (TPSA) is 37.3 Å². The summed E-state index contributed by atoms with van der Waals surface area (Å²) in [7, 11) is 0. The Morgan fingerprint density at radius 2 is 0.714 bits per heavy atom. The first kappa shape index (κ1) is 34.5. The van der Waals surface area contributed by atoms with Crippen molar-refractivity contribution in [3.05, 3.63) is 91.0 Å². The van der Waals surface area contributed by atoms with Gasteiger partial charge in [0.1, 0.15) is 0 Å². The van der Waals surface area contributed by atoms with Crippen LogP contribution < -0.4 is 15.9 Å². The molecule has 42 heavy (non-hydrogen) atoms. The molecular formula is C38H54BrO2P. The first-order valence-electron chi connectivity index (χ1n) is 16.7. The van der Waals surface area contributed by atoms with Crippen LogP contribution in [0.15, 0.2) is 91.0 Å². The molecule has 0 bridgehead atoms. The second-order valence-corrected chi connectivity index (χ2v) is 21.1. The summed E-state index contributed by atoms with van der Waals surface area (Å²) in [5.41, 5.74) is 0. The maximum absolute atomic E-state index is 10.5. The molecule has 230 valence electrons. The number of carbonyl (C=O) groups is 1. The molecule has 0 heterocycles. The zero-order valence-electron chi connectivity index (χ0n) is 25.8. The van der Waals surface area contributed by atoms with Crippen LogP contribution in [-0.4, -0.2) is 17.2 Å². The fourth-order valence-corrected chi connectivity index (χ4v) is 14.1. The minimum absolute atomic E-state index is 0.331. The quantitative estimate of drug-likeness (QED) is 0.0817. The number of halogens is 1. The van der Waals surface area contributed by atoms with Crippen molar-refractivity contribution in [1.29, 1.82) is 0 Å². The van der Waals surface area contributed by atoms with Crippen LogP contribution in [0.2, 0.25) is 0 Å². The van der Waals surface area contributed by atoms with Gasteiger partial charge in [0.25, 0.3) is 0 Å². The van der Waals surface area contributed by atoms with Gasteiger partial charge in [-0.3, -0.25) is 4.79 Å². The molecule has 2 nitrogen and oxygen atoms in total. The van der Waals surface area contributed by atoms with E-state index < -0.39 is 11.3 Å². The van der Waals surface area contributed by atoms with Crippen LogP contribution in [0.3, 0.4) is 0 Å². The molecule has 0 aliphatic heterocycles. The van der Waals surface area contributed by atoms with Gasteiger partial charge in [-0.15, -0.1) is 0 Å². The van der Waals surface area contributed by atoms with Gasteiger partial charge in [0.15, 0.2) is 0 Å². The first-order chi connectivity index (χ1) is 20.6. The molecule has 0 unspecified atom stereocenters. The summed E-state index contributed by atoms with van der Waals surface area (Å²) in [5, 5.41) is 10.2. The number of rotatable bonds is 23. The summed E-state index contributed by atoms with van der Waals surface area (Å²) < 4.78 is 0. The van der Waals surface area contributed by atoms with Crippen molar-refractivity contribution < 1.29 is 9.90 Å². The predicted molar refractivity (Wildman–Crippen MR) is 190 cm³/mol. The van der Waals surface area contributed by atoms with E-state index in [4.69, 9.17) is 5.11 Å². The number of benzene rings is 3. The average Bonchev–Trinajstić information content (AvgIpc) is 3.03. The predicted octanol–water partition coefficient (Wildman–Crippen LogP) is 10.9. The number of carboxylic acid groups (broad SMARTS) is 1. The number of aliphatic carboxylic acids is 1. The first-order valence-corrected chi connectivity index (χ1v) is 21.1. The maximum atomic E-state index is 10.5. The summed E-state index contributed by atoms with van der Waals surface area (Å²) in [6, 6.07) is 33.6. The number of unbranched alkanes of at least 4 members (excludes halogenated alkanes) is 16. The zero-order chi connectivity index (χ0) is 29.8. The summed E-state index contributed by atoms with van der Waals surface area (Å²) in [5.74, 6) is -0.659. The Hall–Kier alpha value is -1.96. The Morgan fingerprint density at radius 1 is 0.452 bits per heavy atom. The van der Waals surface area contributed by atoms with Crippen LogP contribution in [-0.2, 0) is 4.79 Å². The monoisotopic (exact) mass is 652 g/mol. The van der Waals surface area contributed by atoms with Crippen LogP contribution >= 0.6 is 20.8 Å². The second-order valence-electron chi connectivity index (χ2n) is 12.1. The molecule has 0 atom stereocenters. The average molecular weight is 654 g/mol. The summed E-state index contributed by atoms with van der Waals surface area (Å²) >= 11 is 4.58. The Bertz CT molecular complexity index is 1020. The third-order valence-corrected chi connectivity index (χ3v) is 18.9. The van der Waals surface area contributed by atoms with Crippen LogP contribution in [0, 0.1) is 0 Å². The van der Waals surface area contributed by atoms with Crippen LogP contribution in [0.25, 0.3) is 0 Å². The molecule has 1 N–H and O–H groups in total. The van der Waals surface area contributed by atoms with Gasteiger partial charge in [-0.25, -0.2) is 0 Å². The molecule has 0 saturated carbocycles. The van der Waals surface area contributed by atoms with Gasteiger partial charge in [0, 0.05) is 6.42 Å². The molecule has 4 heteroatoms. The zero-order valence-corrected chi connectivity index (χ0v) is 28.3. The standard InChI is InChI=1S/C38H54BrO2P/c39-42(35-27-19-16-20-28-35,36-29-21-17-22-30-36,37-31-23-18-24-32-37)34-26-15-13-11-9-7-5-3-1-2-4-6-8-10-12-14-25-33-38(40)41/h16-24,27-32H,1-15,25-26,33-34H2,(H,40,41). The van der Waals surface area contributed by atoms with Gasteiger partial charge in [-0.2, -0.15) is 0 Å². The SMILES string of the molecule is O=C(O)CCCCCCCCCCCCCCCCCCCP(Br)(c1ccccc1)(c1ccccc1)c1ccccc1. The molecule has 0 spiro atoms. The van der Waals surface area contributed by atoms with Gasteiger partial charge >= 0.3 is 210 Å². The molecular weight excluding hydrogens is 599 g/mol. The molecule has 0 amide bonds. The van der Waals surface area contributed by atoms with Crippen molar-refractivity contribution in [2.24, 2.45) is 0 Å². The molecule has 0 aromatic heterocycles. The summed E-state index contributed by atoms with van der Waals surface area (Å²) in [4.78, 5) is 10.5. The fourth-order valence-electron chi connectivity index (χ4n) is 6.39. The number of hydrogen-bond donors (Lipinski definition) is 1. The van der Waals surface area contributed by atoms with Crippen molar-refractivity contribution in [3.8, 4) is 0 Å². The molecule has 0 saturated heterocycles. The van der Waals surface area contributed by atoms with E-state index in [-0.39, 0.29) is 0 Å². The summed E-state index contributed by atoms with van der Waals surface area (Å²) in [6.07, 6.45) is 23.4. The van der Waals surface area contributed by atoms with Crippen molar-refractivity contribution >= 4 is 42.7 Å². The molecule has 0 aliphatic rings. The van der Waals surface area contributed by atoms with Gasteiger partial charge in [0.2, 0.25) is 0 Å². The molecule has 3 aromatic rings. The van der Waals surface area contributed by atoms with Crippen LogP contribution in [0.4, 0.5) is 0 Å². The molecule has 3 aromatic carbocycles. The van der Waals surface area contributed by atoms with Crippen LogP contribution in [0.5, 0.6) is 0 Å². The minimum atomic E-state index is -2.76. The second kappa shape index (κ2) is 19.3. The fraction of sp³-hybridized carbons (Fsp3) is 0.500. The third-order valence-electron chi connectivity index (χ3n) is 8.85. The van der Waals surface area contributed by atoms with Crippen molar-refractivity contribution in [2.75, 3.05) is 6.16 Å². The van der Waals surface area contributed by atoms with Crippen molar-refractivity contribution in [3.63, 3.8) is 0 Å². The summed E-state index contributed by atoms with van der Waals surface area (Å²) in [6.45, 7) is 0. The Labute approximate surface area is 264 Å². The molecule has 0 radical (unpaired) electrons. The molecule has 0 fully saturated rings. The van der Waals surface area contributed by atoms with Crippen molar-refractivity contribution in [2.45, 2.75) is 116 Å². The normalized spacial score (nSPS) is 12.5. The van der Waals surface area contributed by atoms with E-state index in [1.807, 2.05) is 0 Å². The van der Waals surface area contributed by atoms with Gasteiger partial charge in [-0.05, 0) is 6.42 Å². The third kappa shape index (κ3) is 10.6. The molecule has 3 rings (SSSR count). The van der Waals surface area contributed by atoms with E-state index in [1.54, 1.807) is 0 Å². The van der Waals surface area contributed by atoms with E-state index in [9.17, 15) is 4.79 Å². The van der Waals surface area contributed by atoms with E-state index in [2.05, 4.69) is 106 Å². The Balaban J connectivity index is 1.34. The van der Waals surface area contributed by atoms with E-state index in [0.717, 1.165) is 19.0 Å². The van der Waals surface area contributed by atoms with Gasteiger partial charge in [-0.1, -0.05) is 32.1 Å². The molecule has 0 aliphatic carbocycles. The van der Waals surface area contributed by atoms with Crippen molar-refractivity contribution in [1.82, 2.24) is 0 Å². The number of hydrogen-bond acceptors (Lipinski definition) is 1. The Morgan fingerprint density at radius 3 is 1.00 bits per heavy atom. The van der Waals surface area contributed by atoms with Gasteiger partial charge in [0.05, 0.1) is 0 Å². The van der Waals surface area contributed by atoms with E-state index in [0.29, 0.717) is 6.42 Å². The number of carboxylic acids is 1. The Kier molecular flexibility index (Phi) is 15.9. The van der Waals surface area contributed by atoms with E-state index in [1.165, 1.54) is 112 Å².